The third-order valence-corrected chi connectivity index (χ3v) is 2.56. The average Bonchev–Trinajstić information content (AvgIpc) is 2.33. The van der Waals surface area contributed by atoms with Crippen molar-refractivity contribution in [1.29, 1.82) is 0 Å². The predicted octanol–water partition coefficient (Wildman–Crippen LogP) is -1.26. The summed E-state index contributed by atoms with van der Waals surface area (Å²) in [6.45, 7) is -0.294. The maximum Gasteiger partial charge on any atom is 1.00 e. The summed E-state index contributed by atoms with van der Waals surface area (Å²) in [6, 6.07) is 7.24. The van der Waals surface area contributed by atoms with Crippen molar-refractivity contribution in [3.8, 4) is 0 Å². The van der Waals surface area contributed by atoms with E-state index in [1.807, 2.05) is 0 Å². The Balaban J connectivity index is 0.00000361. The number of hydrogen-bond donors (Lipinski definition) is 1. The van der Waals surface area contributed by atoms with Crippen molar-refractivity contribution < 1.29 is 66.0 Å². The fourth-order valence-electron chi connectivity index (χ4n) is 1.23. The Labute approximate surface area is 179 Å². The first-order chi connectivity index (χ1) is 8.79. The largest absolute Gasteiger partial charge is 1.00 e. The minimum absolute atomic E-state index is 0. The van der Waals surface area contributed by atoms with Gasteiger partial charge in [-0.2, -0.15) is 0 Å². The molecule has 0 radical (unpaired) electrons. The van der Waals surface area contributed by atoms with E-state index in [-0.39, 0.29) is 63.2 Å². The van der Waals surface area contributed by atoms with Crippen LogP contribution in [0.4, 0.5) is 0 Å². The van der Waals surface area contributed by atoms with Gasteiger partial charge in [-0.1, -0.05) is 65.1 Å². The summed E-state index contributed by atoms with van der Waals surface area (Å²) in [6.07, 6.45) is 0. The second-order valence-corrected chi connectivity index (χ2v) is 6.39. The Kier molecular flexibility index (Phi) is 10.2. The number of carbonyl (C=O) groups is 1. The number of aliphatic carboxylic acids is 1. The number of carbonyl (C=O) groups excluding carboxylic acids is 1. The Morgan fingerprint density at radius 3 is 2.35 bits per heavy atom. The molecule has 9 heteroatoms. The molecule has 20 heavy (non-hydrogen) atoms. The summed E-state index contributed by atoms with van der Waals surface area (Å²) >= 11 is 21.3. The molecule has 4 nitrogen and oxygen atoms in total. The van der Waals surface area contributed by atoms with Gasteiger partial charge in [0.1, 0.15) is 6.61 Å². The molecule has 104 valence electrons. The Hall–Kier alpha value is 0.886. The summed E-state index contributed by atoms with van der Waals surface area (Å²) in [5.74, 6) is -1.34. The van der Waals surface area contributed by atoms with E-state index in [1.165, 1.54) is 0 Å². The minimum atomic E-state index is -1.63. The van der Waals surface area contributed by atoms with Gasteiger partial charge < -0.3 is 20.0 Å². The molecule has 0 fully saturated rings. The minimum Gasteiger partial charge on any atom is -0.548 e. The van der Waals surface area contributed by atoms with Crippen molar-refractivity contribution in [3.63, 3.8) is 0 Å². The Morgan fingerprint density at radius 1 is 1.35 bits per heavy atom. The zero-order valence-electron chi connectivity index (χ0n) is 10.4. The molecule has 0 saturated heterocycles. The molecule has 0 bridgehead atoms. The molecular weight excluding hydrogens is 372 g/mol. The van der Waals surface area contributed by atoms with E-state index in [2.05, 4.69) is 5.32 Å². The number of hydrogen-bond acceptors (Lipinski definition) is 4. The molecule has 0 amide bonds. The van der Waals surface area contributed by atoms with Crippen LogP contribution < -0.4 is 61.8 Å². The van der Waals surface area contributed by atoms with E-state index in [1.54, 1.807) is 30.3 Å². The predicted molar refractivity (Wildman–Crippen MR) is 76.2 cm³/mol. The summed E-state index contributed by atoms with van der Waals surface area (Å²) < 4.78 is 3.31. The summed E-state index contributed by atoms with van der Waals surface area (Å²) in [5.41, 5.74) is 0.474. The molecule has 0 saturated carbocycles. The van der Waals surface area contributed by atoms with Crippen LogP contribution in [-0.2, 0) is 9.53 Å². The van der Waals surface area contributed by atoms with Crippen molar-refractivity contribution in [1.82, 2.24) is 5.32 Å². The Bertz CT molecular complexity index is 456. The quantitative estimate of drug-likeness (QED) is 0.401. The number of carboxylic acids is 1. The molecular formula is C11H9Cl3KNO3S. The first kappa shape index (κ1) is 20.9. The molecule has 0 spiro atoms. The van der Waals surface area contributed by atoms with Gasteiger partial charge in [0.15, 0.2) is 0 Å². The second kappa shape index (κ2) is 9.81. The van der Waals surface area contributed by atoms with Crippen molar-refractivity contribution in [2.45, 2.75) is 9.83 Å². The number of thiocarbonyl (C=S) groups is 1. The first-order valence-corrected chi connectivity index (χ1v) is 6.59. The average molecular weight is 381 g/mol. The van der Waals surface area contributed by atoms with Crippen LogP contribution in [0.2, 0.25) is 0 Å². The standard InChI is InChI=1S/C11H10Cl3NO3S.K/c12-11(13,14)6-18-10(19)15-8(9(16)17)7-4-2-1-3-5-7;/h1-5,8H,6H2,(H,15,19)(H,16,17);/q;+1/p-1/t8-;/m1./s1. The van der Waals surface area contributed by atoms with Gasteiger partial charge in [-0.05, 0) is 17.8 Å². The van der Waals surface area contributed by atoms with Crippen molar-refractivity contribution in [3.05, 3.63) is 35.9 Å². The molecule has 0 aromatic heterocycles. The fourth-order valence-corrected chi connectivity index (χ4v) is 1.57. The third kappa shape index (κ3) is 8.36. The van der Waals surface area contributed by atoms with E-state index in [0.717, 1.165) is 0 Å². The topological polar surface area (TPSA) is 61.4 Å². The van der Waals surface area contributed by atoms with Gasteiger partial charge in [-0.25, -0.2) is 0 Å². The zero-order chi connectivity index (χ0) is 14.5. The van der Waals surface area contributed by atoms with Crippen LogP contribution in [0.15, 0.2) is 30.3 Å². The summed E-state index contributed by atoms with van der Waals surface area (Å²) in [7, 11) is 0. The monoisotopic (exact) mass is 379 g/mol. The SMILES string of the molecule is O=C([O-])[C@H](NC(=S)OCC(Cl)(Cl)Cl)c1ccccc1.[K+]. The van der Waals surface area contributed by atoms with Gasteiger partial charge in [0, 0.05) is 0 Å². The molecule has 1 aromatic rings. The van der Waals surface area contributed by atoms with Gasteiger partial charge in [0.2, 0.25) is 3.79 Å². The molecule has 1 aromatic carbocycles. The first-order valence-electron chi connectivity index (χ1n) is 5.05. The number of nitrogens with one attached hydrogen (secondary N) is 1. The Morgan fingerprint density at radius 2 is 1.90 bits per heavy atom. The smallest absolute Gasteiger partial charge is 0.548 e. The van der Waals surface area contributed by atoms with Crippen LogP contribution in [0.3, 0.4) is 0 Å². The molecule has 0 unspecified atom stereocenters. The summed E-state index contributed by atoms with van der Waals surface area (Å²) in [5, 5.41) is 13.4. The number of rotatable bonds is 4. The number of halogens is 3. The molecule has 1 rings (SSSR count). The maximum atomic E-state index is 11.1. The zero-order valence-corrected chi connectivity index (χ0v) is 16.6. The second-order valence-electron chi connectivity index (χ2n) is 3.50. The third-order valence-electron chi connectivity index (χ3n) is 2.00. The number of ether oxygens (including phenoxy) is 1. The number of benzene rings is 1. The van der Waals surface area contributed by atoms with Crippen molar-refractivity contribution >= 4 is 58.2 Å². The molecule has 0 heterocycles. The van der Waals surface area contributed by atoms with Crippen molar-refractivity contribution in [2.24, 2.45) is 0 Å². The van der Waals surface area contributed by atoms with Crippen LogP contribution >= 0.6 is 47.0 Å². The normalized spacial score (nSPS) is 11.9. The van der Waals surface area contributed by atoms with Gasteiger partial charge in [-0.15, -0.1) is 0 Å². The van der Waals surface area contributed by atoms with Crippen LogP contribution in [0.5, 0.6) is 0 Å². The molecule has 0 aliphatic heterocycles. The van der Waals surface area contributed by atoms with Gasteiger partial charge in [0.25, 0.3) is 5.17 Å². The van der Waals surface area contributed by atoms with Crippen molar-refractivity contribution in [2.75, 3.05) is 6.61 Å². The van der Waals surface area contributed by atoms with E-state index in [4.69, 9.17) is 51.8 Å². The fraction of sp³-hybridized carbons (Fsp3) is 0.273. The number of carboxylic acid groups (broad SMARTS) is 1. The molecule has 0 aliphatic carbocycles. The van der Waals surface area contributed by atoms with Gasteiger partial charge >= 0.3 is 51.4 Å². The van der Waals surface area contributed by atoms with Crippen LogP contribution in [0.1, 0.15) is 11.6 Å². The molecule has 0 aliphatic rings. The maximum absolute atomic E-state index is 11.1. The number of alkyl halides is 3. The van der Waals surface area contributed by atoms with Gasteiger partial charge in [-0.3, -0.25) is 0 Å². The van der Waals surface area contributed by atoms with E-state index in [9.17, 15) is 9.90 Å². The van der Waals surface area contributed by atoms with Gasteiger partial charge in [0.05, 0.1) is 12.0 Å². The molecule has 1 N–H and O–H groups in total. The van der Waals surface area contributed by atoms with E-state index >= 15 is 0 Å². The van der Waals surface area contributed by atoms with Crippen LogP contribution in [-0.4, -0.2) is 21.5 Å². The van der Waals surface area contributed by atoms with Crippen LogP contribution in [0.25, 0.3) is 0 Å². The van der Waals surface area contributed by atoms with E-state index < -0.39 is 15.8 Å². The molecule has 1 atom stereocenters. The van der Waals surface area contributed by atoms with E-state index in [0.29, 0.717) is 5.56 Å². The summed E-state index contributed by atoms with van der Waals surface area (Å²) in [4.78, 5) is 11.1. The van der Waals surface area contributed by atoms with Crippen LogP contribution in [0, 0.1) is 0 Å².